The summed E-state index contributed by atoms with van der Waals surface area (Å²) < 4.78 is 47.2. The summed E-state index contributed by atoms with van der Waals surface area (Å²) >= 11 is 0. The molecule has 4 rings (SSSR count). The Kier molecular flexibility index (Phi) is 10.6. The number of carbonyl (C=O) groups is 2. The third-order valence-electron chi connectivity index (χ3n) is 6.75. The molecule has 0 bridgehead atoms. The predicted octanol–water partition coefficient (Wildman–Crippen LogP) is 4.25. The average Bonchev–Trinajstić information content (AvgIpc) is 2.97. The van der Waals surface area contributed by atoms with Crippen molar-refractivity contribution < 1.29 is 36.2 Å². The van der Waals surface area contributed by atoms with Gasteiger partial charge in [-0.1, -0.05) is 24.3 Å². The number of carbonyl (C=O) groups excluding carboxylic acids is 2. The summed E-state index contributed by atoms with van der Waals surface area (Å²) in [7, 11) is -4.73. The number of nitrogens with zero attached hydrogens (tertiary/aromatic N) is 2. The van der Waals surface area contributed by atoms with Crippen LogP contribution >= 0.6 is 0 Å². The van der Waals surface area contributed by atoms with Crippen LogP contribution in [-0.2, 0) is 42.3 Å². The second-order valence-corrected chi connectivity index (χ2v) is 10.9. The molecular formula is C31H33N3O8S. The zero-order valence-electron chi connectivity index (χ0n) is 23.9. The van der Waals surface area contributed by atoms with Crippen molar-refractivity contribution in [3.63, 3.8) is 0 Å². The zero-order valence-corrected chi connectivity index (χ0v) is 24.7. The van der Waals surface area contributed by atoms with Gasteiger partial charge in [0, 0.05) is 36.2 Å². The van der Waals surface area contributed by atoms with E-state index in [0.717, 1.165) is 11.1 Å². The van der Waals surface area contributed by atoms with E-state index in [9.17, 15) is 18.0 Å². The number of esters is 2. The van der Waals surface area contributed by atoms with E-state index in [1.807, 2.05) is 24.3 Å². The number of nitrogens with one attached hydrogen (secondary N) is 1. The quantitative estimate of drug-likeness (QED) is 0.163. The lowest BCUT2D eigenvalue weighted by molar-refractivity contribution is -0.140. The second kappa shape index (κ2) is 14.6. The SMILES string of the molecule is CC1=C(C(=O)OCCCc2cccnc2)C(c2ccc(OS(=O)(=O)O)cc2)C(C(=O)OCCCc2cccnc2)=C(C)N1. The fourth-order valence-electron chi connectivity index (χ4n) is 4.84. The van der Waals surface area contributed by atoms with Crippen molar-refractivity contribution in [2.24, 2.45) is 0 Å². The van der Waals surface area contributed by atoms with Gasteiger partial charge in [-0.15, -0.1) is 0 Å². The van der Waals surface area contributed by atoms with E-state index < -0.39 is 28.3 Å². The number of hydrogen-bond donors (Lipinski definition) is 2. The number of hydrogen-bond acceptors (Lipinski definition) is 10. The standard InChI is InChI=1S/C31H33N3O8S/c1-21-27(30(35)40-17-5-9-23-7-3-15-32-19-23)29(25-11-13-26(14-12-25)42-43(37,38)39)28(22(2)34-21)31(36)41-18-6-10-24-8-4-16-33-20-24/h3-4,7-8,11-16,19-20,29,34H,5-6,9-10,17-18H2,1-2H3,(H,37,38,39). The van der Waals surface area contributed by atoms with Gasteiger partial charge in [-0.25, -0.2) is 9.59 Å². The molecule has 12 heteroatoms. The molecule has 11 nitrogen and oxygen atoms in total. The zero-order chi connectivity index (χ0) is 30.8. The Morgan fingerprint density at radius 3 is 1.72 bits per heavy atom. The number of allylic oxidation sites excluding steroid dienone is 2. The van der Waals surface area contributed by atoms with Crippen molar-refractivity contribution in [2.75, 3.05) is 13.2 Å². The molecule has 0 radical (unpaired) electrons. The summed E-state index contributed by atoms with van der Waals surface area (Å²) in [5.41, 5.74) is 3.98. The maximum absolute atomic E-state index is 13.5. The Morgan fingerprint density at radius 1 is 0.814 bits per heavy atom. The van der Waals surface area contributed by atoms with Crippen molar-refractivity contribution in [1.29, 1.82) is 0 Å². The van der Waals surface area contributed by atoms with Gasteiger partial charge >= 0.3 is 22.3 Å². The molecule has 0 atom stereocenters. The van der Waals surface area contributed by atoms with Crippen LogP contribution in [0.2, 0.25) is 0 Å². The van der Waals surface area contributed by atoms with Crippen LogP contribution in [0.1, 0.15) is 49.3 Å². The molecule has 2 N–H and O–H groups in total. The highest BCUT2D eigenvalue weighted by atomic mass is 32.3. The maximum atomic E-state index is 13.5. The molecule has 1 aliphatic rings. The van der Waals surface area contributed by atoms with Gasteiger partial charge in [0.25, 0.3) is 0 Å². The summed E-state index contributed by atoms with van der Waals surface area (Å²) in [6.45, 7) is 3.73. The minimum Gasteiger partial charge on any atom is -0.462 e. The highest BCUT2D eigenvalue weighted by molar-refractivity contribution is 7.81. The molecule has 0 fully saturated rings. The van der Waals surface area contributed by atoms with Gasteiger partial charge in [-0.3, -0.25) is 14.5 Å². The topological polar surface area (TPSA) is 154 Å². The number of aromatic nitrogens is 2. The Balaban J connectivity index is 1.53. The van der Waals surface area contributed by atoms with Gasteiger partial charge in [-0.2, -0.15) is 8.42 Å². The molecule has 1 aromatic carbocycles. The second-order valence-electron chi connectivity index (χ2n) is 9.92. The monoisotopic (exact) mass is 607 g/mol. The number of rotatable bonds is 13. The van der Waals surface area contributed by atoms with E-state index in [-0.39, 0.29) is 30.1 Å². The Hall–Kier alpha value is -4.55. The normalized spacial score (nSPS) is 13.8. The molecule has 0 amide bonds. The molecule has 0 unspecified atom stereocenters. The largest absolute Gasteiger partial charge is 0.462 e. The lowest BCUT2D eigenvalue weighted by atomic mass is 9.80. The van der Waals surface area contributed by atoms with E-state index in [4.69, 9.17) is 14.0 Å². The lowest BCUT2D eigenvalue weighted by Crippen LogP contribution is -2.32. The lowest BCUT2D eigenvalue weighted by Gasteiger charge is -2.30. The highest BCUT2D eigenvalue weighted by Crippen LogP contribution is 2.40. The summed E-state index contributed by atoms with van der Waals surface area (Å²) in [5, 5.41) is 3.12. The van der Waals surface area contributed by atoms with Crippen LogP contribution in [0.25, 0.3) is 0 Å². The van der Waals surface area contributed by atoms with Gasteiger partial charge < -0.3 is 19.0 Å². The number of benzene rings is 1. The van der Waals surface area contributed by atoms with E-state index in [1.54, 1.807) is 38.6 Å². The van der Waals surface area contributed by atoms with Crippen molar-refractivity contribution in [3.05, 3.63) is 113 Å². The third-order valence-corrected chi connectivity index (χ3v) is 7.15. The molecule has 0 spiro atoms. The molecule has 3 aromatic rings. The molecule has 0 saturated carbocycles. The maximum Gasteiger partial charge on any atom is 0.446 e. The van der Waals surface area contributed by atoms with Crippen LogP contribution in [0.15, 0.2) is 95.9 Å². The summed E-state index contributed by atoms with van der Waals surface area (Å²) in [6.07, 6.45) is 9.39. The molecule has 43 heavy (non-hydrogen) atoms. The van der Waals surface area contributed by atoms with Crippen molar-refractivity contribution in [2.45, 2.75) is 45.4 Å². The molecule has 3 heterocycles. The van der Waals surface area contributed by atoms with E-state index in [1.165, 1.54) is 24.3 Å². The first kappa shape index (κ1) is 31.4. The Labute approximate surface area is 250 Å². The minimum absolute atomic E-state index is 0.138. The van der Waals surface area contributed by atoms with Gasteiger partial charge in [0.1, 0.15) is 5.75 Å². The van der Waals surface area contributed by atoms with Crippen LogP contribution in [-0.4, -0.2) is 48.1 Å². The van der Waals surface area contributed by atoms with Gasteiger partial charge in [0.2, 0.25) is 0 Å². The fourth-order valence-corrected chi connectivity index (χ4v) is 5.19. The highest BCUT2D eigenvalue weighted by Gasteiger charge is 2.38. The van der Waals surface area contributed by atoms with Crippen LogP contribution in [0, 0.1) is 0 Å². The van der Waals surface area contributed by atoms with Gasteiger partial charge in [-0.05, 0) is 80.5 Å². The summed E-state index contributed by atoms with van der Waals surface area (Å²) in [4.78, 5) is 35.2. The van der Waals surface area contributed by atoms with Crippen molar-refractivity contribution in [3.8, 4) is 5.75 Å². The molecule has 1 aliphatic heterocycles. The van der Waals surface area contributed by atoms with Crippen LogP contribution < -0.4 is 9.50 Å². The van der Waals surface area contributed by atoms with Crippen molar-refractivity contribution in [1.82, 2.24) is 15.3 Å². The molecule has 226 valence electrons. The first-order valence-corrected chi connectivity index (χ1v) is 15.1. The number of dihydropyridines is 1. The molecule has 2 aromatic heterocycles. The summed E-state index contributed by atoms with van der Waals surface area (Å²) in [6, 6.07) is 13.3. The predicted molar refractivity (Wildman–Crippen MR) is 157 cm³/mol. The smallest absolute Gasteiger partial charge is 0.446 e. The molecule has 0 saturated heterocycles. The first-order chi connectivity index (χ1) is 20.6. The number of pyridine rings is 2. The van der Waals surface area contributed by atoms with E-state index >= 15 is 0 Å². The van der Waals surface area contributed by atoms with Crippen LogP contribution in [0.4, 0.5) is 0 Å². The number of ether oxygens (including phenoxy) is 2. The van der Waals surface area contributed by atoms with Gasteiger partial charge in [0.15, 0.2) is 0 Å². The fraction of sp³-hybridized carbons (Fsp3) is 0.290. The van der Waals surface area contributed by atoms with Crippen molar-refractivity contribution >= 4 is 22.3 Å². The minimum atomic E-state index is -4.73. The number of aryl methyl sites for hydroxylation is 2. The molecule has 0 aliphatic carbocycles. The summed E-state index contributed by atoms with van der Waals surface area (Å²) in [5.74, 6) is -2.22. The van der Waals surface area contributed by atoms with Crippen LogP contribution in [0.5, 0.6) is 5.75 Å². The Morgan fingerprint density at radius 2 is 1.30 bits per heavy atom. The average molecular weight is 608 g/mol. The van der Waals surface area contributed by atoms with E-state index in [2.05, 4.69) is 19.5 Å². The van der Waals surface area contributed by atoms with Gasteiger partial charge in [0.05, 0.1) is 30.3 Å². The van der Waals surface area contributed by atoms with Crippen LogP contribution in [0.3, 0.4) is 0 Å². The third kappa shape index (κ3) is 8.97. The molecular weight excluding hydrogens is 574 g/mol. The first-order valence-electron chi connectivity index (χ1n) is 13.7. The van der Waals surface area contributed by atoms with E-state index in [0.29, 0.717) is 42.6 Å². The Bertz CT molecular complexity index is 1510.